The summed E-state index contributed by atoms with van der Waals surface area (Å²) in [6.07, 6.45) is 0. The summed E-state index contributed by atoms with van der Waals surface area (Å²) in [4.78, 5) is 0. The number of hydrogen-bond donors (Lipinski definition) is 1. The Morgan fingerprint density at radius 2 is 1.67 bits per heavy atom. The van der Waals surface area contributed by atoms with E-state index in [0.29, 0.717) is 16.7 Å². The fourth-order valence-corrected chi connectivity index (χ4v) is 1.76. The van der Waals surface area contributed by atoms with E-state index in [1.807, 2.05) is 0 Å². The van der Waals surface area contributed by atoms with Gasteiger partial charge in [-0.3, -0.25) is 0 Å². The van der Waals surface area contributed by atoms with E-state index in [0.717, 1.165) is 6.07 Å². The molecular formula is C14H12F3N. The molecule has 18 heavy (non-hydrogen) atoms. The topological polar surface area (TPSA) is 26.0 Å². The Kier molecular flexibility index (Phi) is 3.39. The second kappa shape index (κ2) is 4.82. The van der Waals surface area contributed by atoms with Crippen molar-refractivity contribution in [2.24, 2.45) is 5.73 Å². The van der Waals surface area contributed by atoms with Crippen molar-refractivity contribution in [1.82, 2.24) is 0 Å². The maximum absolute atomic E-state index is 13.6. The van der Waals surface area contributed by atoms with Crippen LogP contribution in [-0.4, -0.2) is 0 Å². The quantitative estimate of drug-likeness (QED) is 0.868. The summed E-state index contributed by atoms with van der Waals surface area (Å²) in [5.41, 5.74) is 6.57. The Balaban J connectivity index is 2.55. The standard InChI is InChI=1S/C14H12F3N/c1-8-4-11(14(17)6-12(8)15)9-2-3-10(7-18)13(16)5-9/h2-6H,7,18H2,1H3. The molecule has 0 saturated carbocycles. The van der Waals surface area contributed by atoms with E-state index in [1.165, 1.54) is 25.1 Å². The highest BCUT2D eigenvalue weighted by Gasteiger charge is 2.11. The van der Waals surface area contributed by atoms with Crippen molar-refractivity contribution in [3.8, 4) is 11.1 Å². The summed E-state index contributed by atoms with van der Waals surface area (Å²) < 4.78 is 40.4. The minimum Gasteiger partial charge on any atom is -0.326 e. The molecule has 4 heteroatoms. The minimum absolute atomic E-state index is 0.0804. The molecule has 2 rings (SSSR count). The number of hydrogen-bond acceptors (Lipinski definition) is 1. The molecule has 0 fully saturated rings. The van der Waals surface area contributed by atoms with Gasteiger partial charge >= 0.3 is 0 Å². The number of halogens is 3. The van der Waals surface area contributed by atoms with Gasteiger partial charge in [0.25, 0.3) is 0 Å². The molecule has 0 atom stereocenters. The van der Waals surface area contributed by atoms with Crippen molar-refractivity contribution in [1.29, 1.82) is 0 Å². The summed E-state index contributed by atoms with van der Waals surface area (Å²) in [6.45, 7) is 1.61. The highest BCUT2D eigenvalue weighted by Crippen LogP contribution is 2.27. The SMILES string of the molecule is Cc1cc(-c2ccc(CN)c(F)c2)c(F)cc1F. The summed E-state index contributed by atoms with van der Waals surface area (Å²) in [5, 5.41) is 0. The molecular weight excluding hydrogens is 239 g/mol. The zero-order valence-corrected chi connectivity index (χ0v) is 9.81. The first-order valence-corrected chi connectivity index (χ1v) is 5.47. The lowest BCUT2D eigenvalue weighted by Crippen LogP contribution is -2.00. The fraction of sp³-hybridized carbons (Fsp3) is 0.143. The van der Waals surface area contributed by atoms with Crippen molar-refractivity contribution in [3.05, 3.63) is 58.9 Å². The van der Waals surface area contributed by atoms with Crippen molar-refractivity contribution in [2.75, 3.05) is 0 Å². The molecule has 0 amide bonds. The first-order valence-electron chi connectivity index (χ1n) is 5.47. The number of nitrogens with two attached hydrogens (primary N) is 1. The average Bonchev–Trinajstić information content (AvgIpc) is 2.33. The molecule has 0 radical (unpaired) electrons. The lowest BCUT2D eigenvalue weighted by atomic mass is 10.0. The lowest BCUT2D eigenvalue weighted by molar-refractivity contribution is 0.579. The highest BCUT2D eigenvalue weighted by molar-refractivity contribution is 5.65. The maximum Gasteiger partial charge on any atom is 0.133 e. The van der Waals surface area contributed by atoms with E-state index < -0.39 is 17.5 Å². The second-order valence-corrected chi connectivity index (χ2v) is 4.09. The summed E-state index contributed by atoms with van der Waals surface area (Å²) in [5.74, 6) is -1.82. The van der Waals surface area contributed by atoms with Gasteiger partial charge in [0.15, 0.2) is 0 Å². The molecule has 2 aromatic carbocycles. The predicted molar refractivity (Wildman–Crippen MR) is 64.4 cm³/mol. The Hall–Kier alpha value is -1.81. The molecule has 0 unspecified atom stereocenters. The van der Waals surface area contributed by atoms with Gasteiger partial charge in [-0.1, -0.05) is 12.1 Å². The van der Waals surface area contributed by atoms with Crippen LogP contribution in [-0.2, 0) is 6.54 Å². The molecule has 0 aliphatic rings. The van der Waals surface area contributed by atoms with Gasteiger partial charge in [0.2, 0.25) is 0 Å². The van der Waals surface area contributed by atoms with Gasteiger partial charge in [0, 0.05) is 23.7 Å². The van der Waals surface area contributed by atoms with Crippen molar-refractivity contribution in [3.63, 3.8) is 0 Å². The van der Waals surface area contributed by atoms with Crippen LogP contribution >= 0.6 is 0 Å². The maximum atomic E-state index is 13.6. The second-order valence-electron chi connectivity index (χ2n) is 4.09. The molecule has 0 spiro atoms. The van der Waals surface area contributed by atoms with Crippen LogP contribution in [0.1, 0.15) is 11.1 Å². The van der Waals surface area contributed by atoms with Crippen LogP contribution in [0.25, 0.3) is 11.1 Å². The monoisotopic (exact) mass is 251 g/mol. The van der Waals surface area contributed by atoms with Gasteiger partial charge in [0.05, 0.1) is 0 Å². The van der Waals surface area contributed by atoms with Crippen molar-refractivity contribution in [2.45, 2.75) is 13.5 Å². The third kappa shape index (κ3) is 2.24. The third-order valence-electron chi connectivity index (χ3n) is 2.83. The third-order valence-corrected chi connectivity index (χ3v) is 2.83. The molecule has 2 aromatic rings. The normalized spacial score (nSPS) is 10.7. The summed E-state index contributed by atoms with van der Waals surface area (Å²) in [7, 11) is 0. The zero-order chi connectivity index (χ0) is 13.3. The Morgan fingerprint density at radius 1 is 0.944 bits per heavy atom. The van der Waals surface area contributed by atoms with Crippen LogP contribution in [0.5, 0.6) is 0 Å². The molecule has 0 aliphatic carbocycles. The fourth-order valence-electron chi connectivity index (χ4n) is 1.76. The van der Waals surface area contributed by atoms with Gasteiger partial charge < -0.3 is 5.73 Å². The summed E-state index contributed by atoms with van der Waals surface area (Å²) in [6, 6.07) is 6.45. The molecule has 94 valence electrons. The predicted octanol–water partition coefficient (Wildman–Crippen LogP) is 3.54. The largest absolute Gasteiger partial charge is 0.326 e. The van der Waals surface area contributed by atoms with Crippen LogP contribution in [0.15, 0.2) is 30.3 Å². The molecule has 1 nitrogen and oxygen atoms in total. The average molecular weight is 251 g/mol. The van der Waals surface area contributed by atoms with Gasteiger partial charge in [-0.25, -0.2) is 13.2 Å². The summed E-state index contributed by atoms with van der Waals surface area (Å²) >= 11 is 0. The first-order chi connectivity index (χ1) is 8.52. The number of aryl methyl sites for hydroxylation is 1. The van der Waals surface area contributed by atoms with Crippen molar-refractivity contribution >= 4 is 0 Å². The molecule has 0 bridgehead atoms. The molecule has 0 aromatic heterocycles. The van der Waals surface area contributed by atoms with E-state index in [1.54, 1.807) is 6.07 Å². The van der Waals surface area contributed by atoms with Crippen LogP contribution in [0, 0.1) is 24.4 Å². The van der Waals surface area contributed by atoms with Crippen LogP contribution < -0.4 is 5.73 Å². The molecule has 0 saturated heterocycles. The van der Waals surface area contributed by atoms with Crippen molar-refractivity contribution < 1.29 is 13.2 Å². The van der Waals surface area contributed by atoms with Crippen LogP contribution in [0.3, 0.4) is 0 Å². The lowest BCUT2D eigenvalue weighted by Gasteiger charge is -2.08. The molecule has 0 heterocycles. The smallest absolute Gasteiger partial charge is 0.133 e. The van der Waals surface area contributed by atoms with Gasteiger partial charge in [-0.15, -0.1) is 0 Å². The van der Waals surface area contributed by atoms with E-state index in [-0.39, 0.29) is 12.1 Å². The number of rotatable bonds is 2. The van der Waals surface area contributed by atoms with E-state index >= 15 is 0 Å². The van der Waals surface area contributed by atoms with E-state index in [4.69, 9.17) is 5.73 Å². The zero-order valence-electron chi connectivity index (χ0n) is 9.81. The Labute approximate surface area is 103 Å². The molecule has 0 aliphatic heterocycles. The van der Waals surface area contributed by atoms with Gasteiger partial charge in [0.1, 0.15) is 17.5 Å². The minimum atomic E-state index is -0.710. The van der Waals surface area contributed by atoms with Crippen LogP contribution in [0.4, 0.5) is 13.2 Å². The number of benzene rings is 2. The highest BCUT2D eigenvalue weighted by atomic mass is 19.1. The molecule has 2 N–H and O–H groups in total. The Bertz CT molecular complexity index is 594. The van der Waals surface area contributed by atoms with E-state index in [9.17, 15) is 13.2 Å². The Morgan fingerprint density at radius 3 is 2.28 bits per heavy atom. The van der Waals surface area contributed by atoms with Crippen LogP contribution in [0.2, 0.25) is 0 Å². The van der Waals surface area contributed by atoms with Gasteiger partial charge in [-0.2, -0.15) is 0 Å². The van der Waals surface area contributed by atoms with E-state index in [2.05, 4.69) is 0 Å². The first kappa shape index (κ1) is 12.6. The van der Waals surface area contributed by atoms with Gasteiger partial charge in [-0.05, 0) is 30.2 Å².